The van der Waals surface area contributed by atoms with Gasteiger partial charge in [-0.15, -0.1) is 0 Å². The number of rotatable bonds is 9. The van der Waals surface area contributed by atoms with E-state index < -0.39 is 10.0 Å². The van der Waals surface area contributed by atoms with E-state index in [1.165, 1.54) is 0 Å². The number of nitrogens with one attached hydrogen (secondary N) is 2. The van der Waals surface area contributed by atoms with Gasteiger partial charge in [0, 0.05) is 18.2 Å². The molecule has 0 spiro atoms. The summed E-state index contributed by atoms with van der Waals surface area (Å²) in [7, 11) is -2.37. The minimum atomic E-state index is -3.95. The van der Waals surface area contributed by atoms with Crippen molar-refractivity contribution >= 4 is 32.8 Å². The van der Waals surface area contributed by atoms with Crippen LogP contribution in [0.1, 0.15) is 34.1 Å². The largest absolute Gasteiger partial charge is 0.465 e. The topological polar surface area (TPSA) is 128 Å². The molecule has 2 N–H and O–H groups in total. The summed E-state index contributed by atoms with van der Waals surface area (Å²) in [6, 6.07) is 20.2. The predicted octanol–water partition coefficient (Wildman–Crippen LogP) is 4.92. The van der Waals surface area contributed by atoms with Crippen molar-refractivity contribution in [2.75, 3.05) is 18.4 Å². The van der Waals surface area contributed by atoms with E-state index in [-0.39, 0.29) is 16.7 Å². The number of hydrogen-bond acceptors (Lipinski definition) is 7. The number of aryl methyl sites for hydroxylation is 1. The maximum Gasteiger partial charge on any atom is 0.297 e. The first-order chi connectivity index (χ1) is 19.2. The van der Waals surface area contributed by atoms with Crippen LogP contribution in [0, 0.1) is 13.8 Å². The Hall–Kier alpha value is -4.64. The SMILES string of the molecule is CCOc1nc2cccc(C(=O)NC)c2n1Cc1ccc(-c2ccccc2S(=O)(=O)Nc2onc(C)c2C)cc1. The van der Waals surface area contributed by atoms with Gasteiger partial charge in [0.05, 0.1) is 40.3 Å². The van der Waals surface area contributed by atoms with E-state index in [0.717, 1.165) is 11.1 Å². The third-order valence-electron chi connectivity index (χ3n) is 6.64. The Kier molecular flexibility index (Phi) is 7.31. The minimum Gasteiger partial charge on any atom is -0.465 e. The van der Waals surface area contributed by atoms with Crippen molar-refractivity contribution in [3.63, 3.8) is 0 Å². The summed E-state index contributed by atoms with van der Waals surface area (Å²) in [5, 5.41) is 6.52. The lowest BCUT2D eigenvalue weighted by Gasteiger charge is -2.13. The molecule has 0 aliphatic rings. The molecule has 10 nitrogen and oxygen atoms in total. The van der Waals surface area contributed by atoms with Crippen molar-refractivity contribution in [3.8, 4) is 17.1 Å². The van der Waals surface area contributed by atoms with E-state index in [0.29, 0.717) is 52.6 Å². The Bertz CT molecular complexity index is 1810. The molecule has 2 heterocycles. The summed E-state index contributed by atoms with van der Waals surface area (Å²) in [5.74, 6) is -0.122. The van der Waals surface area contributed by atoms with Crippen LogP contribution in [-0.2, 0) is 16.6 Å². The molecule has 40 heavy (non-hydrogen) atoms. The fraction of sp³-hybridized carbons (Fsp3) is 0.207. The highest BCUT2D eigenvalue weighted by Gasteiger charge is 2.23. The minimum absolute atomic E-state index is 0.0939. The van der Waals surface area contributed by atoms with Crippen LogP contribution < -0.4 is 14.8 Å². The highest BCUT2D eigenvalue weighted by molar-refractivity contribution is 7.92. The van der Waals surface area contributed by atoms with Gasteiger partial charge < -0.3 is 14.6 Å². The number of ether oxygens (including phenoxy) is 1. The van der Waals surface area contributed by atoms with Crippen LogP contribution in [0.15, 0.2) is 76.1 Å². The fourth-order valence-corrected chi connectivity index (χ4v) is 5.74. The lowest BCUT2D eigenvalue weighted by Crippen LogP contribution is -2.19. The van der Waals surface area contributed by atoms with Gasteiger partial charge >= 0.3 is 0 Å². The molecule has 0 radical (unpaired) electrons. The van der Waals surface area contributed by atoms with E-state index in [9.17, 15) is 13.2 Å². The average molecular weight is 560 g/mol. The number of anilines is 1. The molecule has 0 aliphatic heterocycles. The number of amides is 1. The molecule has 206 valence electrons. The number of nitrogens with zero attached hydrogens (tertiary/aromatic N) is 3. The first-order valence-electron chi connectivity index (χ1n) is 12.7. The van der Waals surface area contributed by atoms with Gasteiger partial charge in [-0.1, -0.05) is 53.7 Å². The van der Waals surface area contributed by atoms with Crippen LogP contribution in [0.4, 0.5) is 5.88 Å². The van der Waals surface area contributed by atoms with E-state index in [2.05, 4.69) is 20.2 Å². The molecule has 3 aromatic carbocycles. The van der Waals surface area contributed by atoms with Gasteiger partial charge in [-0.05, 0) is 50.1 Å². The number of hydrogen-bond donors (Lipinski definition) is 2. The standard InChI is InChI=1S/C29H29N5O5S/c1-5-38-29-31-24-11-8-10-23(27(35)30-4)26(24)34(29)17-20-13-15-21(16-14-20)22-9-6-7-12-25(22)40(36,37)33-28-18(2)19(3)32-39-28/h6-16,33H,5,17H2,1-4H3,(H,30,35). The predicted molar refractivity (Wildman–Crippen MR) is 152 cm³/mol. The van der Waals surface area contributed by atoms with Crippen molar-refractivity contribution < 1.29 is 22.5 Å². The molecule has 0 bridgehead atoms. The van der Waals surface area contributed by atoms with Gasteiger partial charge in [-0.25, -0.2) is 13.1 Å². The van der Waals surface area contributed by atoms with Gasteiger partial charge in [-0.3, -0.25) is 9.36 Å². The highest BCUT2D eigenvalue weighted by Crippen LogP contribution is 2.31. The van der Waals surface area contributed by atoms with Crippen LogP contribution in [0.25, 0.3) is 22.2 Å². The summed E-state index contributed by atoms with van der Waals surface area (Å²) in [6.07, 6.45) is 0. The third kappa shape index (κ3) is 5.03. The fourth-order valence-electron chi connectivity index (χ4n) is 4.47. The van der Waals surface area contributed by atoms with E-state index in [1.807, 2.05) is 41.8 Å². The second-order valence-corrected chi connectivity index (χ2v) is 10.8. The van der Waals surface area contributed by atoms with Gasteiger partial charge in [0.25, 0.3) is 21.9 Å². The van der Waals surface area contributed by atoms with E-state index >= 15 is 0 Å². The van der Waals surface area contributed by atoms with Crippen LogP contribution in [0.2, 0.25) is 0 Å². The van der Waals surface area contributed by atoms with E-state index in [4.69, 9.17) is 9.26 Å². The van der Waals surface area contributed by atoms with Crippen LogP contribution in [-0.4, -0.2) is 42.7 Å². The van der Waals surface area contributed by atoms with Gasteiger partial charge in [0.1, 0.15) is 0 Å². The van der Waals surface area contributed by atoms with Crippen molar-refractivity contribution in [3.05, 3.63) is 89.1 Å². The first-order valence-corrected chi connectivity index (χ1v) is 14.2. The summed E-state index contributed by atoms with van der Waals surface area (Å²) in [6.45, 7) is 6.18. The molecule has 0 atom stereocenters. The number of imidazole rings is 1. The number of carbonyl (C=O) groups is 1. The Labute approximate surface area is 232 Å². The monoisotopic (exact) mass is 559 g/mol. The van der Waals surface area contributed by atoms with Gasteiger partial charge in [0.2, 0.25) is 5.88 Å². The van der Waals surface area contributed by atoms with E-state index in [1.54, 1.807) is 57.3 Å². The molecule has 0 saturated carbocycles. The van der Waals surface area contributed by atoms with Crippen molar-refractivity contribution in [1.82, 2.24) is 20.0 Å². The molecule has 5 rings (SSSR count). The summed E-state index contributed by atoms with van der Waals surface area (Å²) < 4.78 is 42.0. The third-order valence-corrected chi connectivity index (χ3v) is 8.03. The second-order valence-electron chi connectivity index (χ2n) is 9.19. The van der Waals surface area contributed by atoms with Crippen LogP contribution in [0.5, 0.6) is 6.01 Å². The van der Waals surface area contributed by atoms with Crippen molar-refractivity contribution in [1.29, 1.82) is 0 Å². The number of sulfonamides is 1. The van der Waals surface area contributed by atoms with Crippen LogP contribution in [0.3, 0.4) is 0 Å². The summed E-state index contributed by atoms with van der Waals surface area (Å²) in [4.78, 5) is 17.3. The number of benzene rings is 3. The molecule has 0 fully saturated rings. The highest BCUT2D eigenvalue weighted by atomic mass is 32.2. The summed E-state index contributed by atoms with van der Waals surface area (Å²) in [5.41, 5.74) is 5.26. The maximum atomic E-state index is 13.3. The normalized spacial score (nSPS) is 11.5. The lowest BCUT2D eigenvalue weighted by molar-refractivity contribution is 0.0964. The smallest absolute Gasteiger partial charge is 0.297 e. The van der Waals surface area contributed by atoms with Crippen LogP contribution >= 0.6 is 0 Å². The molecular weight excluding hydrogens is 530 g/mol. The quantitative estimate of drug-likeness (QED) is 0.262. The molecule has 2 aromatic heterocycles. The molecule has 0 saturated heterocycles. The number of aromatic nitrogens is 3. The second kappa shape index (κ2) is 10.9. The summed E-state index contributed by atoms with van der Waals surface area (Å²) >= 11 is 0. The number of para-hydroxylation sites is 1. The van der Waals surface area contributed by atoms with Crippen molar-refractivity contribution in [2.24, 2.45) is 0 Å². The number of fused-ring (bicyclic) bond motifs is 1. The molecule has 1 amide bonds. The lowest BCUT2D eigenvalue weighted by atomic mass is 10.0. The van der Waals surface area contributed by atoms with Crippen molar-refractivity contribution in [2.45, 2.75) is 32.2 Å². The molecular formula is C29H29N5O5S. The average Bonchev–Trinajstić information content (AvgIpc) is 3.47. The first kappa shape index (κ1) is 26.9. The molecule has 11 heteroatoms. The maximum absolute atomic E-state index is 13.3. The molecule has 0 unspecified atom stereocenters. The van der Waals surface area contributed by atoms with Gasteiger partial charge in [0.15, 0.2) is 0 Å². The number of carbonyl (C=O) groups excluding carboxylic acids is 1. The molecule has 5 aromatic rings. The zero-order valence-corrected chi connectivity index (χ0v) is 23.4. The Morgan fingerprint density at radius 3 is 2.45 bits per heavy atom. The molecule has 0 aliphatic carbocycles. The Morgan fingerprint density at radius 1 is 1.02 bits per heavy atom. The Balaban J connectivity index is 1.49. The zero-order chi connectivity index (χ0) is 28.4. The van der Waals surface area contributed by atoms with Gasteiger partial charge in [-0.2, -0.15) is 4.98 Å². The zero-order valence-electron chi connectivity index (χ0n) is 22.6. The Morgan fingerprint density at radius 2 is 1.77 bits per heavy atom.